The van der Waals surface area contributed by atoms with Gasteiger partial charge in [-0.2, -0.15) is 0 Å². The third kappa shape index (κ3) is 4.91. The molecule has 1 saturated heterocycles. The molecular formula is C16H20BrFN2O4. The van der Waals surface area contributed by atoms with Crippen molar-refractivity contribution in [3.05, 3.63) is 28.5 Å². The van der Waals surface area contributed by atoms with Crippen molar-refractivity contribution in [1.82, 2.24) is 9.80 Å². The van der Waals surface area contributed by atoms with Gasteiger partial charge in [-0.3, -0.25) is 9.59 Å². The van der Waals surface area contributed by atoms with Crippen LogP contribution in [0.3, 0.4) is 0 Å². The predicted molar refractivity (Wildman–Crippen MR) is 89.2 cm³/mol. The average Bonchev–Trinajstić information content (AvgIpc) is 2.57. The van der Waals surface area contributed by atoms with Crippen molar-refractivity contribution in [2.75, 3.05) is 39.9 Å². The van der Waals surface area contributed by atoms with E-state index in [0.29, 0.717) is 36.5 Å². The lowest BCUT2D eigenvalue weighted by molar-refractivity contribution is -0.144. The first-order chi connectivity index (χ1) is 11.4. The van der Waals surface area contributed by atoms with E-state index in [-0.39, 0.29) is 18.4 Å². The summed E-state index contributed by atoms with van der Waals surface area (Å²) in [6.45, 7) is 3.68. The average molecular weight is 403 g/mol. The molecule has 1 aromatic rings. The number of hydrogen-bond acceptors (Lipinski definition) is 4. The van der Waals surface area contributed by atoms with Crippen molar-refractivity contribution in [3.8, 4) is 5.75 Å². The maximum atomic E-state index is 13.1. The number of hydrogen-bond donors (Lipinski definition) is 0. The van der Waals surface area contributed by atoms with E-state index in [2.05, 4.69) is 15.9 Å². The summed E-state index contributed by atoms with van der Waals surface area (Å²) in [4.78, 5) is 27.5. The van der Waals surface area contributed by atoms with Crippen molar-refractivity contribution < 1.29 is 23.5 Å². The number of ether oxygens (including phenoxy) is 2. The van der Waals surface area contributed by atoms with Gasteiger partial charge in [-0.15, -0.1) is 0 Å². The van der Waals surface area contributed by atoms with Gasteiger partial charge >= 0.3 is 0 Å². The molecule has 6 nitrogen and oxygen atoms in total. The smallest absolute Gasteiger partial charge is 0.263 e. The topological polar surface area (TPSA) is 59.1 Å². The highest BCUT2D eigenvalue weighted by Crippen LogP contribution is 2.26. The molecule has 1 aliphatic heterocycles. The van der Waals surface area contributed by atoms with Gasteiger partial charge in [0.25, 0.3) is 5.91 Å². The second-order valence-electron chi connectivity index (χ2n) is 5.52. The van der Waals surface area contributed by atoms with Gasteiger partial charge in [0, 0.05) is 20.1 Å². The molecule has 1 heterocycles. The fourth-order valence-corrected chi connectivity index (χ4v) is 2.76. The Hall–Kier alpha value is -1.67. The summed E-state index contributed by atoms with van der Waals surface area (Å²) in [6, 6.07) is 3.96. The third-order valence-electron chi connectivity index (χ3n) is 3.66. The molecule has 0 unspecified atom stereocenters. The highest BCUT2D eigenvalue weighted by molar-refractivity contribution is 9.10. The zero-order valence-electron chi connectivity index (χ0n) is 13.6. The van der Waals surface area contributed by atoms with Gasteiger partial charge in [0.05, 0.1) is 24.2 Å². The standard InChI is InChI=1S/C16H20BrFN2O4/c1-11(24-14-4-3-12(18)9-13(14)17)16(22)19(2)10-15(21)20-5-7-23-8-6-20/h3-4,9,11H,5-8,10H2,1-2H3/t11-/m0/s1. The van der Waals surface area contributed by atoms with Gasteiger partial charge in [-0.25, -0.2) is 4.39 Å². The Labute approximate surface area is 148 Å². The highest BCUT2D eigenvalue weighted by atomic mass is 79.9. The van der Waals surface area contributed by atoms with Crippen LogP contribution in [-0.4, -0.2) is 67.6 Å². The molecule has 1 atom stereocenters. The minimum absolute atomic E-state index is 0.0167. The maximum Gasteiger partial charge on any atom is 0.263 e. The Balaban J connectivity index is 1.90. The second-order valence-corrected chi connectivity index (χ2v) is 6.38. The third-order valence-corrected chi connectivity index (χ3v) is 4.28. The minimum Gasteiger partial charge on any atom is -0.480 e. The molecule has 0 bridgehead atoms. The van der Waals surface area contributed by atoms with Crippen LogP contribution in [0.4, 0.5) is 4.39 Å². The van der Waals surface area contributed by atoms with E-state index < -0.39 is 11.9 Å². The Morgan fingerprint density at radius 1 is 1.42 bits per heavy atom. The van der Waals surface area contributed by atoms with Gasteiger partial charge < -0.3 is 19.3 Å². The summed E-state index contributed by atoms with van der Waals surface area (Å²) in [5.74, 6) is -0.483. The van der Waals surface area contributed by atoms with Crippen LogP contribution in [0.5, 0.6) is 5.75 Å². The number of likely N-dealkylation sites (N-methyl/N-ethyl adjacent to an activating group) is 1. The molecule has 0 aliphatic carbocycles. The van der Waals surface area contributed by atoms with E-state index in [0.717, 1.165) is 0 Å². The molecule has 0 spiro atoms. The Morgan fingerprint density at radius 3 is 2.71 bits per heavy atom. The molecule has 0 aromatic heterocycles. The molecule has 132 valence electrons. The number of carbonyl (C=O) groups is 2. The highest BCUT2D eigenvalue weighted by Gasteiger charge is 2.24. The summed E-state index contributed by atoms with van der Waals surface area (Å²) < 4.78 is 24.3. The Kier molecular flexibility index (Phi) is 6.56. The minimum atomic E-state index is -0.797. The molecule has 0 saturated carbocycles. The number of halogens is 2. The van der Waals surface area contributed by atoms with Crippen LogP contribution in [0, 0.1) is 5.82 Å². The van der Waals surface area contributed by atoms with E-state index in [1.807, 2.05) is 0 Å². The van der Waals surface area contributed by atoms with Crippen LogP contribution in [0.1, 0.15) is 6.92 Å². The quantitative estimate of drug-likeness (QED) is 0.751. The lowest BCUT2D eigenvalue weighted by atomic mass is 10.3. The fraction of sp³-hybridized carbons (Fsp3) is 0.500. The number of nitrogens with zero attached hydrogens (tertiary/aromatic N) is 2. The van der Waals surface area contributed by atoms with Gasteiger partial charge in [0.1, 0.15) is 11.6 Å². The summed E-state index contributed by atoms with van der Waals surface area (Å²) in [5.41, 5.74) is 0. The van der Waals surface area contributed by atoms with Gasteiger partial charge in [-0.1, -0.05) is 0 Å². The lowest BCUT2D eigenvalue weighted by Crippen LogP contribution is -2.48. The van der Waals surface area contributed by atoms with Crippen LogP contribution in [0.25, 0.3) is 0 Å². The van der Waals surface area contributed by atoms with Crippen LogP contribution in [0.15, 0.2) is 22.7 Å². The van der Waals surface area contributed by atoms with E-state index >= 15 is 0 Å². The van der Waals surface area contributed by atoms with Crippen molar-refractivity contribution in [3.63, 3.8) is 0 Å². The number of rotatable bonds is 5. The molecule has 1 aromatic carbocycles. The molecule has 0 radical (unpaired) electrons. The van der Waals surface area contributed by atoms with Crippen LogP contribution in [-0.2, 0) is 14.3 Å². The molecule has 1 fully saturated rings. The van der Waals surface area contributed by atoms with Crippen LogP contribution >= 0.6 is 15.9 Å². The molecule has 1 aliphatic rings. The molecule has 0 N–H and O–H groups in total. The zero-order chi connectivity index (χ0) is 17.7. The predicted octanol–water partition coefficient (Wildman–Crippen LogP) is 1.67. The number of carbonyl (C=O) groups excluding carboxylic acids is 2. The number of morpholine rings is 1. The summed E-state index contributed by atoms with van der Waals surface area (Å²) in [5, 5.41) is 0. The van der Waals surface area contributed by atoms with Gasteiger partial charge in [0.15, 0.2) is 6.10 Å². The van der Waals surface area contributed by atoms with Crippen molar-refractivity contribution in [2.45, 2.75) is 13.0 Å². The SMILES string of the molecule is C[C@H](Oc1ccc(F)cc1Br)C(=O)N(C)CC(=O)N1CCOCC1. The first-order valence-corrected chi connectivity index (χ1v) is 8.40. The molecule has 2 amide bonds. The molecule has 2 rings (SSSR count). The first kappa shape index (κ1) is 18.7. The largest absolute Gasteiger partial charge is 0.480 e. The van der Waals surface area contributed by atoms with Crippen molar-refractivity contribution in [1.29, 1.82) is 0 Å². The normalized spacial score (nSPS) is 15.8. The van der Waals surface area contributed by atoms with Gasteiger partial charge in [0.2, 0.25) is 5.91 Å². The Morgan fingerprint density at radius 2 is 2.08 bits per heavy atom. The van der Waals surface area contributed by atoms with Crippen LogP contribution < -0.4 is 4.74 Å². The van der Waals surface area contributed by atoms with Gasteiger partial charge in [-0.05, 0) is 41.1 Å². The molecular weight excluding hydrogens is 383 g/mol. The monoisotopic (exact) mass is 402 g/mol. The number of benzene rings is 1. The lowest BCUT2D eigenvalue weighted by Gasteiger charge is -2.29. The number of amides is 2. The summed E-state index contributed by atoms with van der Waals surface area (Å²) in [7, 11) is 1.56. The molecule has 24 heavy (non-hydrogen) atoms. The van der Waals surface area contributed by atoms with Crippen molar-refractivity contribution >= 4 is 27.7 Å². The van der Waals surface area contributed by atoms with E-state index in [4.69, 9.17) is 9.47 Å². The van der Waals surface area contributed by atoms with E-state index in [1.54, 1.807) is 18.9 Å². The molecule has 8 heteroatoms. The maximum absolute atomic E-state index is 13.1. The van der Waals surface area contributed by atoms with E-state index in [9.17, 15) is 14.0 Å². The fourth-order valence-electron chi connectivity index (χ4n) is 2.32. The second kappa shape index (κ2) is 8.43. The first-order valence-electron chi connectivity index (χ1n) is 7.60. The summed E-state index contributed by atoms with van der Waals surface area (Å²) >= 11 is 3.19. The van der Waals surface area contributed by atoms with Crippen molar-refractivity contribution in [2.24, 2.45) is 0 Å². The zero-order valence-corrected chi connectivity index (χ0v) is 15.2. The Bertz CT molecular complexity index is 608. The summed E-state index contributed by atoms with van der Waals surface area (Å²) in [6.07, 6.45) is -0.797. The van der Waals surface area contributed by atoms with E-state index in [1.165, 1.54) is 23.1 Å². The van der Waals surface area contributed by atoms with Crippen LogP contribution in [0.2, 0.25) is 0 Å².